The monoisotopic (exact) mass is 635 g/mol. The number of hydrogen-bond donors (Lipinski definition) is 3. The third-order valence-electron chi connectivity index (χ3n) is 6.38. The highest BCUT2D eigenvalue weighted by molar-refractivity contribution is 7.88. The molecule has 0 radical (unpaired) electrons. The molecule has 0 unspecified atom stereocenters. The van der Waals surface area contributed by atoms with Gasteiger partial charge in [0, 0.05) is 30.5 Å². The van der Waals surface area contributed by atoms with E-state index in [9.17, 15) is 18.0 Å². The standard InChI is InChI=1S/C29H34ClN3O7S2/c1-29(2,3)40-28(36)27-25(39-16-23(34)35)24(30)26(41-27)19-7-5-9-22(15-19)32-21-10-12-33(13-11-21)42(37,38)17-18-6-4-8-20(31)14-18/h4-9,14-15,21,32H,10-13,16-17,31H2,1-3H3,(H,34,35). The number of hydrogen-bond acceptors (Lipinski definition) is 9. The Kier molecular flexibility index (Phi) is 9.71. The summed E-state index contributed by atoms with van der Waals surface area (Å²) in [6.07, 6.45) is 1.24. The molecule has 1 aliphatic heterocycles. The van der Waals surface area contributed by atoms with Crippen molar-refractivity contribution in [1.29, 1.82) is 0 Å². The van der Waals surface area contributed by atoms with E-state index in [1.54, 1.807) is 45.0 Å². The van der Waals surface area contributed by atoms with Crippen LogP contribution >= 0.6 is 22.9 Å². The Morgan fingerprint density at radius 2 is 1.83 bits per heavy atom. The Morgan fingerprint density at radius 1 is 1.14 bits per heavy atom. The van der Waals surface area contributed by atoms with Gasteiger partial charge in [-0.2, -0.15) is 0 Å². The molecule has 0 spiro atoms. The summed E-state index contributed by atoms with van der Waals surface area (Å²) in [5, 5.41) is 12.7. The summed E-state index contributed by atoms with van der Waals surface area (Å²) in [6, 6.07) is 14.4. The number of esters is 1. The van der Waals surface area contributed by atoms with Crippen LogP contribution in [-0.2, 0) is 25.3 Å². The summed E-state index contributed by atoms with van der Waals surface area (Å²) < 4.78 is 38.4. The molecule has 0 aliphatic carbocycles. The zero-order chi connectivity index (χ0) is 30.7. The van der Waals surface area contributed by atoms with Gasteiger partial charge in [-0.3, -0.25) is 0 Å². The van der Waals surface area contributed by atoms with E-state index in [0.717, 1.165) is 17.0 Å². The van der Waals surface area contributed by atoms with Gasteiger partial charge < -0.3 is 25.6 Å². The zero-order valence-corrected chi connectivity index (χ0v) is 25.9. The van der Waals surface area contributed by atoms with Crippen LogP contribution in [-0.4, -0.2) is 61.1 Å². The fraction of sp³-hybridized carbons (Fsp3) is 0.379. The number of benzene rings is 2. The van der Waals surface area contributed by atoms with Gasteiger partial charge >= 0.3 is 11.9 Å². The predicted octanol–water partition coefficient (Wildman–Crippen LogP) is 5.48. The average Bonchev–Trinajstić information content (AvgIpc) is 3.23. The molecule has 226 valence electrons. The van der Waals surface area contributed by atoms with Crippen molar-refractivity contribution >= 4 is 56.3 Å². The number of nitrogens with one attached hydrogen (secondary N) is 1. The topological polar surface area (TPSA) is 148 Å². The lowest BCUT2D eigenvalue weighted by Gasteiger charge is -2.32. The number of carbonyl (C=O) groups excluding carboxylic acids is 1. The Balaban J connectivity index is 1.47. The molecule has 2 aromatic carbocycles. The lowest BCUT2D eigenvalue weighted by Crippen LogP contribution is -2.42. The number of ether oxygens (including phenoxy) is 2. The molecule has 4 rings (SSSR count). The fourth-order valence-electron chi connectivity index (χ4n) is 4.55. The number of anilines is 2. The molecule has 1 aromatic heterocycles. The zero-order valence-electron chi connectivity index (χ0n) is 23.6. The molecule has 0 atom stereocenters. The minimum absolute atomic E-state index is 0.0292. The minimum atomic E-state index is -3.48. The van der Waals surface area contributed by atoms with Crippen molar-refractivity contribution in [3.05, 3.63) is 64.0 Å². The van der Waals surface area contributed by atoms with Gasteiger partial charge in [0.25, 0.3) is 0 Å². The number of rotatable bonds is 10. The summed E-state index contributed by atoms with van der Waals surface area (Å²) in [7, 11) is -3.48. The maximum absolute atomic E-state index is 13.0. The molecule has 13 heteroatoms. The molecule has 0 amide bonds. The highest BCUT2D eigenvalue weighted by Crippen LogP contribution is 2.46. The summed E-state index contributed by atoms with van der Waals surface area (Å²) in [5.74, 6) is -1.99. The summed E-state index contributed by atoms with van der Waals surface area (Å²) in [4.78, 5) is 24.7. The molecule has 4 N–H and O–H groups in total. The molecule has 42 heavy (non-hydrogen) atoms. The second-order valence-corrected chi connectivity index (χ2v) is 14.4. The number of piperidine rings is 1. The molecule has 10 nitrogen and oxygen atoms in total. The SMILES string of the molecule is CC(C)(C)OC(=O)c1sc(-c2cccc(NC3CCN(S(=O)(=O)Cc4cccc(N)c4)CC3)c2)c(Cl)c1OCC(=O)O. The minimum Gasteiger partial charge on any atom is -0.479 e. The van der Waals surface area contributed by atoms with Gasteiger partial charge in [0.2, 0.25) is 10.0 Å². The third-order valence-corrected chi connectivity index (χ3v) is 9.90. The van der Waals surface area contributed by atoms with Crippen molar-refractivity contribution in [2.24, 2.45) is 0 Å². The molecule has 1 aliphatic rings. The summed E-state index contributed by atoms with van der Waals surface area (Å²) in [6.45, 7) is 5.31. The molecular formula is C29H34ClN3O7S2. The van der Waals surface area contributed by atoms with Crippen molar-refractivity contribution in [3.63, 3.8) is 0 Å². The van der Waals surface area contributed by atoms with Crippen LogP contribution in [0.5, 0.6) is 5.75 Å². The Hall–Kier alpha value is -3.32. The number of sulfonamides is 1. The first kappa shape index (κ1) is 31.6. The second kappa shape index (κ2) is 12.9. The van der Waals surface area contributed by atoms with Crippen molar-refractivity contribution in [2.75, 3.05) is 30.7 Å². The van der Waals surface area contributed by atoms with Crippen LogP contribution in [0.1, 0.15) is 48.8 Å². The average molecular weight is 636 g/mol. The van der Waals surface area contributed by atoms with Crippen molar-refractivity contribution in [3.8, 4) is 16.2 Å². The summed E-state index contributed by atoms with van der Waals surface area (Å²) >= 11 is 7.69. The molecule has 1 saturated heterocycles. The number of nitrogen functional groups attached to an aromatic ring is 1. The number of halogens is 1. The number of carboxylic acid groups (broad SMARTS) is 1. The summed E-state index contributed by atoms with van der Waals surface area (Å²) in [5.41, 5.74) is 7.71. The van der Waals surface area contributed by atoms with Crippen LogP contribution in [0.2, 0.25) is 5.02 Å². The number of carbonyl (C=O) groups is 2. The molecule has 1 fully saturated rings. The van der Waals surface area contributed by atoms with E-state index >= 15 is 0 Å². The van der Waals surface area contributed by atoms with E-state index in [-0.39, 0.29) is 27.4 Å². The van der Waals surface area contributed by atoms with Crippen LogP contribution in [0, 0.1) is 0 Å². The first-order chi connectivity index (χ1) is 19.7. The first-order valence-electron chi connectivity index (χ1n) is 13.3. The number of nitrogens with two attached hydrogens (primary N) is 1. The number of thiophene rings is 1. The lowest BCUT2D eigenvalue weighted by atomic mass is 10.1. The first-order valence-corrected chi connectivity index (χ1v) is 16.1. The van der Waals surface area contributed by atoms with Gasteiger partial charge in [-0.05, 0) is 69.0 Å². The molecular weight excluding hydrogens is 602 g/mol. The van der Waals surface area contributed by atoms with Crippen LogP contribution < -0.4 is 15.8 Å². The van der Waals surface area contributed by atoms with E-state index in [1.807, 2.05) is 24.3 Å². The molecule has 0 saturated carbocycles. The highest BCUT2D eigenvalue weighted by atomic mass is 35.5. The maximum Gasteiger partial charge on any atom is 0.352 e. The Labute approximate surface area is 254 Å². The molecule has 2 heterocycles. The van der Waals surface area contributed by atoms with Gasteiger partial charge in [-0.25, -0.2) is 22.3 Å². The van der Waals surface area contributed by atoms with E-state index in [2.05, 4.69) is 5.32 Å². The second-order valence-electron chi connectivity index (χ2n) is 11.0. The Bertz CT molecular complexity index is 1560. The lowest BCUT2D eigenvalue weighted by molar-refractivity contribution is -0.139. The fourth-order valence-corrected chi connectivity index (χ4v) is 7.54. The van der Waals surface area contributed by atoms with E-state index in [0.29, 0.717) is 47.6 Å². The third kappa shape index (κ3) is 8.15. The van der Waals surface area contributed by atoms with Gasteiger partial charge in [0.1, 0.15) is 10.6 Å². The van der Waals surface area contributed by atoms with Crippen LogP contribution in [0.3, 0.4) is 0 Å². The van der Waals surface area contributed by atoms with Gasteiger partial charge in [-0.15, -0.1) is 11.3 Å². The van der Waals surface area contributed by atoms with E-state index in [1.165, 1.54) is 4.31 Å². The number of nitrogens with zero attached hydrogens (tertiary/aromatic N) is 1. The predicted molar refractivity (Wildman–Crippen MR) is 165 cm³/mol. The van der Waals surface area contributed by atoms with Gasteiger partial charge in [-0.1, -0.05) is 35.9 Å². The highest BCUT2D eigenvalue weighted by Gasteiger charge is 2.30. The largest absolute Gasteiger partial charge is 0.479 e. The molecule has 0 bridgehead atoms. The normalized spacial score (nSPS) is 14.9. The quantitative estimate of drug-likeness (QED) is 0.195. The van der Waals surface area contributed by atoms with Crippen molar-refractivity contribution < 1.29 is 32.6 Å². The van der Waals surface area contributed by atoms with Crippen LogP contribution in [0.15, 0.2) is 48.5 Å². The van der Waals surface area contributed by atoms with E-state index < -0.39 is 34.2 Å². The number of carboxylic acids is 1. The van der Waals surface area contributed by atoms with Gasteiger partial charge in [0.15, 0.2) is 17.2 Å². The van der Waals surface area contributed by atoms with Crippen LogP contribution in [0.4, 0.5) is 11.4 Å². The van der Waals surface area contributed by atoms with Crippen molar-refractivity contribution in [2.45, 2.75) is 51.0 Å². The van der Waals surface area contributed by atoms with Crippen LogP contribution in [0.25, 0.3) is 10.4 Å². The number of aliphatic carboxylic acids is 1. The maximum atomic E-state index is 13.0. The van der Waals surface area contributed by atoms with E-state index in [4.69, 9.17) is 31.9 Å². The van der Waals surface area contributed by atoms with Gasteiger partial charge in [0.05, 0.1) is 10.6 Å². The molecule has 3 aromatic rings. The smallest absolute Gasteiger partial charge is 0.352 e. The Morgan fingerprint density at radius 3 is 2.48 bits per heavy atom. The van der Waals surface area contributed by atoms with Crippen molar-refractivity contribution in [1.82, 2.24) is 4.31 Å².